The van der Waals surface area contributed by atoms with Crippen LogP contribution in [0.5, 0.6) is 28.7 Å². The summed E-state index contributed by atoms with van der Waals surface area (Å²) in [6.07, 6.45) is 0.564. The lowest BCUT2D eigenvalue weighted by molar-refractivity contribution is -0.152. The van der Waals surface area contributed by atoms with Gasteiger partial charge >= 0.3 is 5.97 Å². The topological polar surface area (TPSA) is 100 Å². The molecule has 0 spiro atoms. The highest BCUT2D eigenvalue weighted by molar-refractivity contribution is 5.76. The maximum absolute atomic E-state index is 11.2. The summed E-state index contributed by atoms with van der Waals surface area (Å²) in [6.45, 7) is 5.28. The zero-order valence-corrected chi connectivity index (χ0v) is 21.2. The molecular formula is C29H29NO7. The first-order valence-corrected chi connectivity index (χ1v) is 11.8. The van der Waals surface area contributed by atoms with E-state index in [1.54, 1.807) is 31.4 Å². The van der Waals surface area contributed by atoms with Gasteiger partial charge in [-0.05, 0) is 81.4 Å². The number of hydrogen-bond donors (Lipinski definition) is 1. The molecule has 0 radical (unpaired) electrons. The molecule has 0 bridgehead atoms. The molecule has 0 aliphatic heterocycles. The summed E-state index contributed by atoms with van der Waals surface area (Å²) in [4.78, 5) is 15.9. The smallest absolute Gasteiger partial charge is 0.347 e. The average molecular weight is 504 g/mol. The van der Waals surface area contributed by atoms with Crippen LogP contribution in [0.2, 0.25) is 0 Å². The van der Waals surface area contributed by atoms with Crippen molar-refractivity contribution in [1.82, 2.24) is 4.98 Å². The molecule has 37 heavy (non-hydrogen) atoms. The molecule has 8 nitrogen and oxygen atoms in total. The molecule has 3 aromatic carbocycles. The standard InChI is InChI=1S/C29H29NO7/c1-19-24(17-18-34-21-13-15-23(16-14-21)37-29(2,3)28(31)32)30-27(35-19)20-9-11-22(12-10-20)36-26-8-6-5-7-25(26)33-4/h5-16H,17-18H2,1-4H3,(H,31,32). The second-order valence-corrected chi connectivity index (χ2v) is 8.79. The first kappa shape index (κ1) is 25.6. The number of carbonyl (C=O) groups is 1. The predicted octanol–water partition coefficient (Wildman–Crippen LogP) is 6.31. The van der Waals surface area contributed by atoms with Gasteiger partial charge in [-0.1, -0.05) is 12.1 Å². The Labute approximate surface area is 215 Å². The van der Waals surface area contributed by atoms with E-state index in [1.165, 1.54) is 13.8 Å². The molecule has 0 saturated heterocycles. The lowest BCUT2D eigenvalue weighted by Crippen LogP contribution is -2.37. The van der Waals surface area contributed by atoms with Crippen molar-refractivity contribution >= 4 is 5.97 Å². The van der Waals surface area contributed by atoms with Gasteiger partial charge in [-0.15, -0.1) is 0 Å². The van der Waals surface area contributed by atoms with Crippen molar-refractivity contribution in [2.75, 3.05) is 13.7 Å². The van der Waals surface area contributed by atoms with Crippen LogP contribution in [-0.4, -0.2) is 35.4 Å². The molecule has 4 rings (SSSR count). The highest BCUT2D eigenvalue weighted by atomic mass is 16.5. The summed E-state index contributed by atoms with van der Waals surface area (Å²) in [5.41, 5.74) is 0.336. The summed E-state index contributed by atoms with van der Waals surface area (Å²) in [5.74, 6) is 3.29. The van der Waals surface area contributed by atoms with Crippen LogP contribution in [0, 0.1) is 6.92 Å². The number of nitrogens with zero attached hydrogens (tertiary/aromatic N) is 1. The van der Waals surface area contributed by atoms with Crippen LogP contribution in [0.15, 0.2) is 77.2 Å². The number of carboxylic acid groups (broad SMARTS) is 1. The van der Waals surface area contributed by atoms with E-state index in [1.807, 2.05) is 55.5 Å². The third kappa shape index (κ3) is 6.41. The number of carboxylic acids is 1. The zero-order chi connectivity index (χ0) is 26.4. The lowest BCUT2D eigenvalue weighted by atomic mass is 10.1. The minimum absolute atomic E-state index is 0.402. The fourth-order valence-electron chi connectivity index (χ4n) is 3.49. The van der Waals surface area contributed by atoms with Crippen molar-refractivity contribution in [3.05, 3.63) is 84.3 Å². The molecule has 0 aliphatic rings. The molecule has 0 fully saturated rings. The molecule has 1 aromatic heterocycles. The van der Waals surface area contributed by atoms with Gasteiger partial charge < -0.3 is 28.5 Å². The number of hydrogen-bond acceptors (Lipinski definition) is 7. The van der Waals surface area contributed by atoms with Crippen LogP contribution in [-0.2, 0) is 11.2 Å². The Morgan fingerprint density at radius 3 is 2.19 bits per heavy atom. The highest BCUT2D eigenvalue weighted by Gasteiger charge is 2.29. The van der Waals surface area contributed by atoms with E-state index in [0.717, 1.165) is 17.0 Å². The summed E-state index contributed by atoms with van der Waals surface area (Å²) < 4.78 is 28.5. The Hall–Kier alpha value is -4.46. The molecule has 1 N–H and O–H groups in total. The maximum Gasteiger partial charge on any atom is 0.347 e. The number of methoxy groups -OCH3 is 1. The number of rotatable bonds is 11. The maximum atomic E-state index is 11.2. The van der Waals surface area contributed by atoms with Gasteiger partial charge in [0, 0.05) is 12.0 Å². The average Bonchev–Trinajstić information content (AvgIpc) is 3.26. The van der Waals surface area contributed by atoms with Gasteiger partial charge in [0.05, 0.1) is 19.4 Å². The van der Waals surface area contributed by atoms with E-state index < -0.39 is 11.6 Å². The summed E-state index contributed by atoms with van der Waals surface area (Å²) >= 11 is 0. The summed E-state index contributed by atoms with van der Waals surface area (Å²) in [5, 5.41) is 9.19. The van der Waals surface area contributed by atoms with Crippen LogP contribution in [0.3, 0.4) is 0 Å². The second kappa shape index (κ2) is 11.1. The fourth-order valence-corrected chi connectivity index (χ4v) is 3.49. The molecule has 0 unspecified atom stereocenters. The minimum atomic E-state index is -1.31. The number of aryl methyl sites for hydroxylation is 1. The van der Waals surface area contributed by atoms with Crippen molar-refractivity contribution in [2.24, 2.45) is 0 Å². The van der Waals surface area contributed by atoms with Crippen LogP contribution in [0.25, 0.3) is 11.5 Å². The SMILES string of the molecule is COc1ccccc1Oc1ccc(-c2nc(CCOc3ccc(OC(C)(C)C(=O)O)cc3)c(C)o2)cc1. The Morgan fingerprint density at radius 2 is 1.54 bits per heavy atom. The van der Waals surface area contributed by atoms with Gasteiger partial charge in [-0.3, -0.25) is 0 Å². The van der Waals surface area contributed by atoms with Crippen molar-refractivity contribution in [1.29, 1.82) is 0 Å². The van der Waals surface area contributed by atoms with E-state index in [4.69, 9.17) is 23.4 Å². The Balaban J connectivity index is 1.33. The Bertz CT molecular complexity index is 1340. The largest absolute Gasteiger partial charge is 0.493 e. The number of para-hydroxylation sites is 2. The molecule has 0 saturated carbocycles. The molecule has 0 amide bonds. The molecule has 8 heteroatoms. The van der Waals surface area contributed by atoms with Gasteiger partial charge in [0.1, 0.15) is 23.0 Å². The monoisotopic (exact) mass is 503 g/mol. The van der Waals surface area contributed by atoms with E-state index >= 15 is 0 Å². The van der Waals surface area contributed by atoms with Crippen LogP contribution < -0.4 is 18.9 Å². The van der Waals surface area contributed by atoms with Crippen molar-refractivity contribution in [2.45, 2.75) is 32.8 Å². The molecule has 0 aliphatic carbocycles. The number of aliphatic carboxylic acids is 1. The van der Waals surface area contributed by atoms with Gasteiger partial charge in [0.15, 0.2) is 17.1 Å². The second-order valence-electron chi connectivity index (χ2n) is 8.79. The quantitative estimate of drug-likeness (QED) is 0.254. The van der Waals surface area contributed by atoms with Crippen LogP contribution in [0.1, 0.15) is 25.3 Å². The number of benzene rings is 3. The first-order valence-electron chi connectivity index (χ1n) is 11.8. The van der Waals surface area contributed by atoms with Gasteiger partial charge in [-0.2, -0.15) is 0 Å². The van der Waals surface area contributed by atoms with Crippen LogP contribution in [0.4, 0.5) is 0 Å². The molecule has 192 valence electrons. The van der Waals surface area contributed by atoms with Gasteiger partial charge in [-0.25, -0.2) is 9.78 Å². The molecule has 0 atom stereocenters. The van der Waals surface area contributed by atoms with E-state index in [2.05, 4.69) is 4.98 Å². The summed E-state index contributed by atoms with van der Waals surface area (Å²) in [6, 6.07) is 21.8. The Morgan fingerprint density at radius 1 is 0.919 bits per heavy atom. The highest BCUT2D eigenvalue weighted by Crippen LogP contribution is 2.32. The number of aromatic nitrogens is 1. The number of ether oxygens (including phenoxy) is 4. The van der Waals surface area contributed by atoms with Gasteiger partial charge in [0.25, 0.3) is 0 Å². The van der Waals surface area contributed by atoms with E-state index in [9.17, 15) is 9.90 Å². The van der Waals surface area contributed by atoms with Crippen molar-refractivity contribution in [3.8, 4) is 40.2 Å². The van der Waals surface area contributed by atoms with Crippen molar-refractivity contribution < 1.29 is 33.3 Å². The fraction of sp³-hybridized carbons (Fsp3) is 0.241. The third-order valence-corrected chi connectivity index (χ3v) is 5.61. The third-order valence-electron chi connectivity index (χ3n) is 5.61. The molecule has 4 aromatic rings. The molecular weight excluding hydrogens is 474 g/mol. The number of oxazole rings is 1. The zero-order valence-electron chi connectivity index (χ0n) is 21.2. The lowest BCUT2D eigenvalue weighted by Gasteiger charge is -2.21. The van der Waals surface area contributed by atoms with E-state index in [-0.39, 0.29) is 0 Å². The molecule has 1 heterocycles. The van der Waals surface area contributed by atoms with Crippen LogP contribution >= 0.6 is 0 Å². The van der Waals surface area contributed by atoms with Gasteiger partial charge in [0.2, 0.25) is 5.89 Å². The van der Waals surface area contributed by atoms with Crippen molar-refractivity contribution in [3.63, 3.8) is 0 Å². The minimum Gasteiger partial charge on any atom is -0.493 e. The Kier molecular flexibility index (Phi) is 7.67. The first-order chi connectivity index (χ1) is 17.7. The normalized spacial score (nSPS) is 11.1. The predicted molar refractivity (Wildman–Crippen MR) is 138 cm³/mol. The van der Waals surface area contributed by atoms with E-state index in [0.29, 0.717) is 47.7 Å². The summed E-state index contributed by atoms with van der Waals surface area (Å²) in [7, 11) is 1.61.